The summed E-state index contributed by atoms with van der Waals surface area (Å²) in [5, 5.41) is 7.57. The topological polar surface area (TPSA) is 59.1 Å². The second-order valence-electron chi connectivity index (χ2n) is 4.40. The normalized spacial score (nSPS) is 22.1. The first-order chi connectivity index (χ1) is 7.15. The molecule has 1 aliphatic rings. The van der Waals surface area contributed by atoms with Crippen molar-refractivity contribution in [3.8, 4) is 0 Å². The van der Waals surface area contributed by atoms with Gasteiger partial charge in [-0.05, 0) is 25.9 Å². The summed E-state index contributed by atoms with van der Waals surface area (Å²) in [5.41, 5.74) is 6.52. The third kappa shape index (κ3) is 2.41. The lowest BCUT2D eigenvalue weighted by Crippen LogP contribution is -2.19. The molecule has 2 rings (SSSR count). The smallest absolute Gasteiger partial charge is 0.171 e. The zero-order chi connectivity index (χ0) is 10.8. The molecule has 5 nitrogen and oxygen atoms in total. The number of rotatable bonds is 3. The Labute approximate surface area is 90.2 Å². The Morgan fingerprint density at radius 1 is 1.60 bits per heavy atom. The summed E-state index contributed by atoms with van der Waals surface area (Å²) in [7, 11) is 4.04. The summed E-state index contributed by atoms with van der Waals surface area (Å²) in [6.45, 7) is 3.33. The maximum absolute atomic E-state index is 5.80. The van der Waals surface area contributed by atoms with Gasteiger partial charge in [0, 0.05) is 26.3 Å². The van der Waals surface area contributed by atoms with Gasteiger partial charge in [-0.2, -0.15) is 5.10 Å². The molecule has 1 aliphatic heterocycles. The van der Waals surface area contributed by atoms with Crippen molar-refractivity contribution >= 4 is 11.5 Å². The molecule has 3 N–H and O–H groups in total. The van der Waals surface area contributed by atoms with E-state index in [1.165, 1.54) is 19.5 Å². The van der Waals surface area contributed by atoms with Gasteiger partial charge >= 0.3 is 0 Å². The zero-order valence-corrected chi connectivity index (χ0v) is 9.40. The quantitative estimate of drug-likeness (QED) is 0.755. The summed E-state index contributed by atoms with van der Waals surface area (Å²) in [4.78, 5) is 2.36. The van der Waals surface area contributed by atoms with Crippen LogP contribution in [0.5, 0.6) is 0 Å². The molecule has 0 saturated carbocycles. The predicted octanol–water partition coefficient (Wildman–Crippen LogP) is 0.366. The minimum atomic E-state index is 0.719. The van der Waals surface area contributed by atoms with Crippen molar-refractivity contribution < 1.29 is 0 Å². The molecule has 0 radical (unpaired) electrons. The summed E-state index contributed by atoms with van der Waals surface area (Å²) < 4.78 is 1.73. The number of nitrogens with two attached hydrogens (primary N) is 1. The molecule has 0 bridgehead atoms. The molecule has 15 heavy (non-hydrogen) atoms. The largest absolute Gasteiger partial charge is 0.394 e. The lowest BCUT2D eigenvalue weighted by atomic mass is 10.1. The number of aromatic nitrogens is 2. The molecule has 2 heterocycles. The molecule has 5 heteroatoms. The number of nitrogens with zero attached hydrogens (tertiary/aromatic N) is 3. The van der Waals surface area contributed by atoms with Crippen molar-refractivity contribution in [2.24, 2.45) is 13.0 Å². The van der Waals surface area contributed by atoms with Gasteiger partial charge in [-0.3, -0.25) is 4.68 Å². The second kappa shape index (κ2) is 4.10. The van der Waals surface area contributed by atoms with E-state index in [9.17, 15) is 0 Å². The lowest BCUT2D eigenvalue weighted by molar-refractivity contribution is 0.399. The van der Waals surface area contributed by atoms with Crippen LogP contribution in [0, 0.1) is 5.92 Å². The highest BCUT2D eigenvalue weighted by Crippen LogP contribution is 2.18. The van der Waals surface area contributed by atoms with Crippen molar-refractivity contribution in [1.29, 1.82) is 0 Å². The Hall–Kier alpha value is -1.23. The number of hydrogen-bond donors (Lipinski definition) is 2. The van der Waals surface area contributed by atoms with E-state index in [1.807, 2.05) is 13.2 Å². The third-order valence-electron chi connectivity index (χ3n) is 2.90. The first-order valence-electron chi connectivity index (χ1n) is 5.36. The molecule has 0 aliphatic carbocycles. The van der Waals surface area contributed by atoms with Crippen LogP contribution in [0.2, 0.25) is 0 Å². The maximum Gasteiger partial charge on any atom is 0.171 e. The Bertz CT molecular complexity index is 333. The van der Waals surface area contributed by atoms with Crippen LogP contribution in [0.25, 0.3) is 0 Å². The highest BCUT2D eigenvalue weighted by atomic mass is 15.3. The Kier molecular flexibility index (Phi) is 2.81. The van der Waals surface area contributed by atoms with E-state index in [4.69, 9.17) is 5.73 Å². The molecule has 0 amide bonds. The van der Waals surface area contributed by atoms with E-state index < -0.39 is 0 Å². The number of hydrogen-bond acceptors (Lipinski definition) is 4. The van der Waals surface area contributed by atoms with Crippen molar-refractivity contribution in [3.63, 3.8) is 0 Å². The first kappa shape index (κ1) is 10.3. The summed E-state index contributed by atoms with van der Waals surface area (Å²) in [6.07, 6.45) is 3.08. The van der Waals surface area contributed by atoms with Gasteiger partial charge in [0.05, 0.1) is 5.69 Å². The Morgan fingerprint density at radius 3 is 2.93 bits per heavy atom. The van der Waals surface area contributed by atoms with Crippen molar-refractivity contribution in [1.82, 2.24) is 14.7 Å². The molecule has 1 saturated heterocycles. The Morgan fingerprint density at radius 2 is 2.40 bits per heavy atom. The predicted molar refractivity (Wildman–Crippen MR) is 61.7 cm³/mol. The minimum absolute atomic E-state index is 0.719. The third-order valence-corrected chi connectivity index (χ3v) is 2.90. The van der Waals surface area contributed by atoms with E-state index >= 15 is 0 Å². The first-order valence-corrected chi connectivity index (χ1v) is 5.36. The van der Waals surface area contributed by atoms with Crippen LogP contribution in [0.3, 0.4) is 0 Å². The SMILES string of the molecule is CN1CCC(CNc2nn(C)cc2N)C1. The lowest BCUT2D eigenvalue weighted by Gasteiger charge is -2.11. The molecule has 84 valence electrons. The van der Waals surface area contributed by atoms with Crippen LogP contribution < -0.4 is 11.1 Å². The molecule has 1 atom stereocenters. The van der Waals surface area contributed by atoms with Gasteiger partial charge in [0.25, 0.3) is 0 Å². The fraction of sp³-hybridized carbons (Fsp3) is 0.700. The number of nitrogens with one attached hydrogen (secondary N) is 1. The van der Waals surface area contributed by atoms with Crippen molar-refractivity contribution in [2.75, 3.05) is 37.7 Å². The number of nitrogen functional groups attached to an aromatic ring is 1. The number of aryl methyl sites for hydroxylation is 1. The van der Waals surface area contributed by atoms with Gasteiger partial charge in [-0.1, -0.05) is 0 Å². The summed E-state index contributed by atoms with van der Waals surface area (Å²) >= 11 is 0. The van der Waals surface area contributed by atoms with Crippen LogP contribution in [0.1, 0.15) is 6.42 Å². The molecule has 1 unspecified atom stereocenters. The van der Waals surface area contributed by atoms with Crippen molar-refractivity contribution in [2.45, 2.75) is 6.42 Å². The molecule has 0 spiro atoms. The fourth-order valence-electron chi connectivity index (χ4n) is 2.08. The molecule has 1 aromatic rings. The zero-order valence-electron chi connectivity index (χ0n) is 9.40. The Balaban J connectivity index is 1.85. The van der Waals surface area contributed by atoms with E-state index in [1.54, 1.807) is 4.68 Å². The second-order valence-corrected chi connectivity index (χ2v) is 4.40. The van der Waals surface area contributed by atoms with Crippen LogP contribution in [-0.4, -0.2) is 41.4 Å². The van der Waals surface area contributed by atoms with Crippen LogP contribution in [0.4, 0.5) is 11.5 Å². The molecule has 0 aromatic carbocycles. The molecule has 1 aromatic heterocycles. The van der Waals surface area contributed by atoms with Gasteiger partial charge in [0.2, 0.25) is 0 Å². The standard InChI is InChI=1S/C10H19N5/c1-14-4-3-8(6-14)5-12-10-9(11)7-15(2)13-10/h7-8H,3-6,11H2,1-2H3,(H,12,13). The average Bonchev–Trinajstić information content (AvgIpc) is 2.70. The van der Waals surface area contributed by atoms with Gasteiger partial charge < -0.3 is 16.0 Å². The van der Waals surface area contributed by atoms with Crippen LogP contribution >= 0.6 is 0 Å². The molecular formula is C10H19N5. The maximum atomic E-state index is 5.80. The van der Waals surface area contributed by atoms with E-state index in [2.05, 4.69) is 22.4 Å². The van der Waals surface area contributed by atoms with Gasteiger partial charge in [-0.15, -0.1) is 0 Å². The van der Waals surface area contributed by atoms with Gasteiger partial charge in [0.1, 0.15) is 0 Å². The average molecular weight is 209 g/mol. The summed E-state index contributed by atoms with van der Waals surface area (Å²) in [6, 6.07) is 0. The van der Waals surface area contributed by atoms with E-state index in [-0.39, 0.29) is 0 Å². The van der Waals surface area contributed by atoms with Gasteiger partial charge in [0.15, 0.2) is 5.82 Å². The minimum Gasteiger partial charge on any atom is -0.394 e. The summed E-state index contributed by atoms with van der Waals surface area (Å²) in [5.74, 6) is 1.53. The number of anilines is 2. The number of likely N-dealkylation sites (tertiary alicyclic amines) is 1. The van der Waals surface area contributed by atoms with Crippen LogP contribution in [0.15, 0.2) is 6.20 Å². The van der Waals surface area contributed by atoms with Crippen LogP contribution in [-0.2, 0) is 7.05 Å². The highest BCUT2D eigenvalue weighted by molar-refractivity contribution is 5.59. The van der Waals surface area contributed by atoms with E-state index in [0.717, 1.165) is 24.0 Å². The molecule has 1 fully saturated rings. The monoisotopic (exact) mass is 209 g/mol. The van der Waals surface area contributed by atoms with Gasteiger partial charge in [-0.25, -0.2) is 0 Å². The highest BCUT2D eigenvalue weighted by Gasteiger charge is 2.19. The van der Waals surface area contributed by atoms with E-state index in [0.29, 0.717) is 0 Å². The fourth-order valence-corrected chi connectivity index (χ4v) is 2.08. The van der Waals surface area contributed by atoms with Crippen molar-refractivity contribution in [3.05, 3.63) is 6.20 Å². The molecular weight excluding hydrogens is 190 g/mol.